The molecular formula is C30H46N5O5+. The van der Waals surface area contributed by atoms with E-state index >= 15 is 0 Å². The van der Waals surface area contributed by atoms with Gasteiger partial charge in [-0.25, -0.2) is 0 Å². The van der Waals surface area contributed by atoms with E-state index in [9.17, 15) is 24.0 Å². The zero-order chi connectivity index (χ0) is 29.9. The molecule has 2 rings (SSSR count). The Kier molecular flexibility index (Phi) is 12.5. The number of anilines is 1. The molecule has 220 valence electrons. The zero-order valence-corrected chi connectivity index (χ0v) is 24.8. The van der Waals surface area contributed by atoms with E-state index in [1.165, 1.54) is 22.6 Å². The van der Waals surface area contributed by atoms with Crippen LogP contribution in [-0.4, -0.2) is 78.7 Å². The van der Waals surface area contributed by atoms with Gasteiger partial charge in [0.2, 0.25) is 17.7 Å². The molecule has 0 aliphatic carbocycles. The summed E-state index contributed by atoms with van der Waals surface area (Å²) >= 11 is 0. The fraction of sp³-hybridized carbons (Fsp3) is 0.567. The van der Waals surface area contributed by atoms with Crippen molar-refractivity contribution in [1.82, 2.24) is 15.5 Å². The molecule has 0 spiro atoms. The van der Waals surface area contributed by atoms with Gasteiger partial charge in [0.25, 0.3) is 11.8 Å². The third-order valence-corrected chi connectivity index (χ3v) is 6.58. The lowest BCUT2D eigenvalue weighted by Gasteiger charge is -2.31. The van der Waals surface area contributed by atoms with E-state index in [2.05, 4.69) is 43.9 Å². The predicted octanol–water partition coefficient (Wildman–Crippen LogP) is 2.60. The molecule has 1 aliphatic rings. The molecule has 3 N–H and O–H groups in total. The Balaban J connectivity index is 1.72. The molecule has 0 radical (unpaired) electrons. The van der Waals surface area contributed by atoms with E-state index in [0.717, 1.165) is 17.6 Å². The SMILES string of the molecule is CC(C)C[N+](C)(C)Cc1ccc(NC(=O)CNC(=O)[C@@H](NC(=O)CCCCCN2C(=O)C=CC2=O)C(C)C)cc1. The van der Waals surface area contributed by atoms with Crippen LogP contribution in [0.5, 0.6) is 0 Å². The number of carbonyl (C=O) groups excluding carboxylic acids is 5. The first-order valence-electron chi connectivity index (χ1n) is 14.1. The average molecular weight is 557 g/mol. The van der Waals surface area contributed by atoms with Crippen molar-refractivity contribution in [3.63, 3.8) is 0 Å². The molecule has 0 fully saturated rings. The van der Waals surface area contributed by atoms with Crippen LogP contribution in [0.4, 0.5) is 5.69 Å². The first kappa shape index (κ1) is 32.7. The second kappa shape index (κ2) is 15.3. The Morgan fingerprint density at radius 2 is 1.50 bits per heavy atom. The maximum absolute atomic E-state index is 12.7. The van der Waals surface area contributed by atoms with Gasteiger partial charge in [0.1, 0.15) is 12.6 Å². The second-order valence-corrected chi connectivity index (χ2v) is 11.9. The summed E-state index contributed by atoms with van der Waals surface area (Å²) < 4.78 is 0.879. The minimum atomic E-state index is -0.766. The average Bonchev–Trinajstić information content (AvgIpc) is 3.17. The molecular weight excluding hydrogens is 510 g/mol. The summed E-state index contributed by atoms with van der Waals surface area (Å²) in [6.07, 6.45) is 4.57. The van der Waals surface area contributed by atoms with Gasteiger partial charge in [-0.3, -0.25) is 28.9 Å². The number of hydrogen-bond donors (Lipinski definition) is 3. The van der Waals surface area contributed by atoms with Crippen molar-refractivity contribution in [2.75, 3.05) is 39.0 Å². The number of nitrogens with one attached hydrogen (secondary N) is 3. The smallest absolute Gasteiger partial charge is 0.253 e. The number of amides is 5. The van der Waals surface area contributed by atoms with Crippen LogP contribution in [-0.2, 0) is 30.5 Å². The molecule has 1 atom stereocenters. The summed E-state index contributed by atoms with van der Waals surface area (Å²) in [7, 11) is 4.40. The summed E-state index contributed by atoms with van der Waals surface area (Å²) in [4.78, 5) is 61.9. The van der Waals surface area contributed by atoms with Crippen molar-refractivity contribution in [2.45, 2.75) is 66.0 Å². The van der Waals surface area contributed by atoms with Crippen molar-refractivity contribution in [2.24, 2.45) is 11.8 Å². The van der Waals surface area contributed by atoms with Crippen molar-refractivity contribution in [3.8, 4) is 0 Å². The van der Waals surface area contributed by atoms with Gasteiger partial charge >= 0.3 is 0 Å². The van der Waals surface area contributed by atoms with Crippen LogP contribution < -0.4 is 16.0 Å². The highest BCUT2D eigenvalue weighted by atomic mass is 16.2. The lowest BCUT2D eigenvalue weighted by molar-refractivity contribution is -0.906. The topological polar surface area (TPSA) is 125 Å². The summed E-state index contributed by atoms with van der Waals surface area (Å²) in [5, 5.41) is 8.18. The van der Waals surface area contributed by atoms with Gasteiger partial charge < -0.3 is 20.4 Å². The van der Waals surface area contributed by atoms with Crippen LogP contribution in [0.15, 0.2) is 36.4 Å². The number of nitrogens with zero attached hydrogens (tertiary/aromatic N) is 2. The molecule has 0 aromatic heterocycles. The zero-order valence-electron chi connectivity index (χ0n) is 24.8. The van der Waals surface area contributed by atoms with Crippen LogP contribution in [0.2, 0.25) is 0 Å². The van der Waals surface area contributed by atoms with Crippen molar-refractivity contribution >= 4 is 35.2 Å². The monoisotopic (exact) mass is 556 g/mol. The Hall–Kier alpha value is -3.53. The van der Waals surface area contributed by atoms with Gasteiger partial charge in [-0.05, 0) is 30.9 Å². The van der Waals surface area contributed by atoms with Gasteiger partial charge in [0.05, 0.1) is 27.2 Å². The van der Waals surface area contributed by atoms with E-state index in [1.807, 2.05) is 38.1 Å². The van der Waals surface area contributed by atoms with Crippen molar-refractivity contribution < 1.29 is 28.5 Å². The molecule has 1 heterocycles. The fourth-order valence-electron chi connectivity index (χ4n) is 4.89. The van der Waals surface area contributed by atoms with Crippen LogP contribution in [0.25, 0.3) is 0 Å². The Morgan fingerprint density at radius 3 is 2.08 bits per heavy atom. The minimum absolute atomic E-state index is 0.169. The Labute approximate surface area is 238 Å². The van der Waals surface area contributed by atoms with Crippen molar-refractivity contribution in [3.05, 3.63) is 42.0 Å². The number of imide groups is 1. The van der Waals surface area contributed by atoms with Gasteiger partial charge in [-0.15, -0.1) is 0 Å². The summed E-state index contributed by atoms with van der Waals surface area (Å²) in [5.41, 5.74) is 1.84. The maximum Gasteiger partial charge on any atom is 0.253 e. The first-order valence-corrected chi connectivity index (χ1v) is 14.1. The molecule has 10 nitrogen and oxygen atoms in total. The van der Waals surface area contributed by atoms with Crippen LogP contribution in [0, 0.1) is 11.8 Å². The molecule has 1 aromatic carbocycles. The van der Waals surface area contributed by atoms with E-state index in [1.54, 1.807) is 0 Å². The largest absolute Gasteiger partial charge is 0.345 e. The number of carbonyl (C=O) groups is 5. The predicted molar refractivity (Wildman–Crippen MR) is 155 cm³/mol. The normalized spacial score (nSPS) is 14.2. The molecule has 40 heavy (non-hydrogen) atoms. The summed E-state index contributed by atoms with van der Waals surface area (Å²) in [6, 6.07) is 6.96. The third-order valence-electron chi connectivity index (χ3n) is 6.58. The van der Waals surface area contributed by atoms with Gasteiger partial charge in [-0.2, -0.15) is 0 Å². The first-order chi connectivity index (χ1) is 18.8. The van der Waals surface area contributed by atoms with E-state index in [-0.39, 0.29) is 42.5 Å². The van der Waals surface area contributed by atoms with Crippen LogP contribution in [0.1, 0.15) is 58.9 Å². The maximum atomic E-state index is 12.7. The highest BCUT2D eigenvalue weighted by Gasteiger charge is 2.25. The molecule has 0 unspecified atom stereocenters. The highest BCUT2D eigenvalue weighted by molar-refractivity contribution is 6.12. The second-order valence-electron chi connectivity index (χ2n) is 11.9. The molecule has 1 aromatic rings. The summed E-state index contributed by atoms with van der Waals surface area (Å²) in [6.45, 7) is 10.1. The number of rotatable bonds is 16. The Bertz CT molecular complexity index is 1060. The third kappa shape index (κ3) is 11.3. The molecule has 5 amide bonds. The molecule has 1 aliphatic heterocycles. The Morgan fingerprint density at radius 1 is 0.875 bits per heavy atom. The molecule has 10 heteroatoms. The number of benzene rings is 1. The van der Waals surface area contributed by atoms with Gasteiger partial charge in [0, 0.05) is 42.3 Å². The molecule has 0 saturated heterocycles. The van der Waals surface area contributed by atoms with Gasteiger partial charge in [0.15, 0.2) is 0 Å². The quantitative estimate of drug-likeness (QED) is 0.164. The number of hydrogen-bond acceptors (Lipinski definition) is 5. The number of unbranched alkanes of at least 4 members (excludes halogenated alkanes) is 2. The number of quaternary nitrogens is 1. The van der Waals surface area contributed by atoms with E-state index in [4.69, 9.17) is 0 Å². The van der Waals surface area contributed by atoms with Crippen LogP contribution in [0.3, 0.4) is 0 Å². The lowest BCUT2D eigenvalue weighted by Crippen LogP contribution is -2.51. The highest BCUT2D eigenvalue weighted by Crippen LogP contribution is 2.15. The lowest BCUT2D eigenvalue weighted by atomic mass is 10.0. The van der Waals surface area contributed by atoms with E-state index < -0.39 is 11.9 Å². The van der Waals surface area contributed by atoms with E-state index in [0.29, 0.717) is 37.4 Å². The minimum Gasteiger partial charge on any atom is -0.345 e. The molecule has 0 bridgehead atoms. The van der Waals surface area contributed by atoms with Crippen LogP contribution >= 0.6 is 0 Å². The summed E-state index contributed by atoms with van der Waals surface area (Å²) in [5.74, 6) is -1.22. The fourth-order valence-corrected chi connectivity index (χ4v) is 4.89. The van der Waals surface area contributed by atoms with Gasteiger partial charge in [-0.1, -0.05) is 46.2 Å². The van der Waals surface area contributed by atoms with Crippen molar-refractivity contribution in [1.29, 1.82) is 0 Å². The molecule has 0 saturated carbocycles. The standard InChI is InChI=1S/C30H45N5O5/c1-21(2)19-35(5,6)20-23-11-13-24(14-12-23)32-26(37)18-31-30(40)29(22(3)4)33-25(36)10-8-7-9-17-34-27(38)15-16-28(34)39/h11-16,21-22,29H,7-10,17-20H2,1-6H3,(H2-,31,32,33,36,37,40)/p+1/t29-/m0/s1.